The highest BCUT2D eigenvalue weighted by molar-refractivity contribution is 6.44. The first-order chi connectivity index (χ1) is 11.3. The molecule has 0 saturated carbocycles. The lowest BCUT2D eigenvalue weighted by Gasteiger charge is -2.18. The maximum absolute atomic E-state index is 12.5. The molecule has 0 radical (unpaired) electrons. The SMILES string of the molecule is CCC(Oc1ccc(C)c(C)c1)C(=O)Nc1cc(Cl)c(Cl)cc1Cl. The monoisotopic (exact) mass is 385 g/mol. The highest BCUT2D eigenvalue weighted by Gasteiger charge is 2.20. The number of hydrogen-bond donors (Lipinski definition) is 1. The summed E-state index contributed by atoms with van der Waals surface area (Å²) in [6.07, 6.45) is -0.129. The first-order valence-electron chi connectivity index (χ1n) is 7.51. The summed E-state index contributed by atoms with van der Waals surface area (Å²) >= 11 is 18.0. The summed E-state index contributed by atoms with van der Waals surface area (Å²) in [4.78, 5) is 12.5. The van der Waals surface area contributed by atoms with Crippen molar-refractivity contribution in [2.75, 3.05) is 5.32 Å². The van der Waals surface area contributed by atoms with Crippen LogP contribution in [0.4, 0.5) is 5.69 Å². The van der Waals surface area contributed by atoms with Gasteiger partial charge in [0.05, 0.1) is 20.8 Å². The van der Waals surface area contributed by atoms with Crippen LogP contribution in [-0.2, 0) is 4.79 Å². The predicted octanol–water partition coefficient (Wildman–Crippen LogP) is 6.06. The average Bonchev–Trinajstić information content (AvgIpc) is 2.53. The van der Waals surface area contributed by atoms with E-state index in [4.69, 9.17) is 39.5 Å². The molecule has 0 aromatic heterocycles. The molecular formula is C18H18Cl3NO2. The molecule has 0 saturated heterocycles. The van der Waals surface area contributed by atoms with Crippen molar-refractivity contribution in [1.29, 1.82) is 0 Å². The zero-order valence-electron chi connectivity index (χ0n) is 13.6. The van der Waals surface area contributed by atoms with Crippen molar-refractivity contribution in [3.8, 4) is 5.75 Å². The molecule has 2 rings (SSSR count). The fourth-order valence-corrected chi connectivity index (χ4v) is 2.70. The predicted molar refractivity (Wildman–Crippen MR) is 101 cm³/mol. The lowest BCUT2D eigenvalue weighted by Crippen LogP contribution is -2.32. The normalized spacial score (nSPS) is 11.9. The van der Waals surface area contributed by atoms with Gasteiger partial charge < -0.3 is 10.1 Å². The van der Waals surface area contributed by atoms with Gasteiger partial charge in [-0.15, -0.1) is 0 Å². The number of carbonyl (C=O) groups is 1. The molecule has 1 N–H and O–H groups in total. The third kappa shape index (κ3) is 4.56. The Morgan fingerprint density at radius 1 is 1.04 bits per heavy atom. The standard InChI is InChI=1S/C18H18Cl3NO2/c1-4-17(24-12-6-5-10(2)11(3)7-12)18(23)22-16-9-14(20)13(19)8-15(16)21/h5-9,17H,4H2,1-3H3,(H,22,23). The van der Waals surface area contributed by atoms with E-state index in [1.54, 1.807) is 0 Å². The van der Waals surface area contributed by atoms with Crippen LogP contribution in [0.3, 0.4) is 0 Å². The Bertz CT molecular complexity index is 762. The molecule has 1 unspecified atom stereocenters. The number of amides is 1. The zero-order chi connectivity index (χ0) is 17.9. The number of hydrogen-bond acceptors (Lipinski definition) is 2. The number of ether oxygens (including phenoxy) is 1. The van der Waals surface area contributed by atoms with Crippen LogP contribution in [0.2, 0.25) is 15.1 Å². The summed E-state index contributed by atoms with van der Waals surface area (Å²) in [5, 5.41) is 3.71. The molecule has 6 heteroatoms. The summed E-state index contributed by atoms with van der Waals surface area (Å²) in [6, 6.07) is 8.74. The lowest BCUT2D eigenvalue weighted by molar-refractivity contribution is -0.122. The number of carbonyl (C=O) groups excluding carboxylic acids is 1. The van der Waals surface area contributed by atoms with Gasteiger partial charge in [0.25, 0.3) is 5.91 Å². The van der Waals surface area contributed by atoms with Gasteiger partial charge in [-0.1, -0.05) is 47.8 Å². The molecular weight excluding hydrogens is 369 g/mol. The van der Waals surface area contributed by atoms with Gasteiger partial charge in [-0.2, -0.15) is 0 Å². The van der Waals surface area contributed by atoms with E-state index in [9.17, 15) is 4.79 Å². The topological polar surface area (TPSA) is 38.3 Å². The second-order valence-corrected chi connectivity index (χ2v) is 6.72. The number of aryl methyl sites for hydroxylation is 2. The molecule has 1 amide bonds. The van der Waals surface area contributed by atoms with Crippen LogP contribution in [0, 0.1) is 13.8 Å². The second kappa shape index (κ2) is 8.11. The molecule has 0 aliphatic carbocycles. The summed E-state index contributed by atoms with van der Waals surface area (Å²) in [7, 11) is 0. The molecule has 0 bridgehead atoms. The molecule has 0 heterocycles. The van der Waals surface area contributed by atoms with E-state index < -0.39 is 6.10 Å². The number of halogens is 3. The minimum Gasteiger partial charge on any atom is -0.481 e. The molecule has 2 aromatic rings. The largest absolute Gasteiger partial charge is 0.481 e. The van der Waals surface area contributed by atoms with E-state index in [1.165, 1.54) is 17.7 Å². The smallest absolute Gasteiger partial charge is 0.265 e. The van der Waals surface area contributed by atoms with Crippen LogP contribution >= 0.6 is 34.8 Å². The Labute approximate surface area is 156 Å². The van der Waals surface area contributed by atoms with Gasteiger partial charge in [-0.3, -0.25) is 4.79 Å². The zero-order valence-corrected chi connectivity index (χ0v) is 15.9. The molecule has 128 valence electrons. The number of anilines is 1. The van der Waals surface area contributed by atoms with E-state index in [-0.39, 0.29) is 5.91 Å². The highest BCUT2D eigenvalue weighted by atomic mass is 35.5. The molecule has 0 aliphatic rings. The van der Waals surface area contributed by atoms with Crippen LogP contribution in [0.15, 0.2) is 30.3 Å². The molecule has 0 fully saturated rings. The van der Waals surface area contributed by atoms with E-state index in [0.717, 1.165) is 5.56 Å². The van der Waals surface area contributed by atoms with E-state index in [1.807, 2.05) is 39.0 Å². The minimum absolute atomic E-state index is 0.295. The van der Waals surface area contributed by atoms with Gasteiger partial charge in [-0.05, 0) is 55.7 Å². The Morgan fingerprint density at radius 3 is 2.33 bits per heavy atom. The van der Waals surface area contributed by atoms with Crippen molar-refractivity contribution in [3.05, 3.63) is 56.5 Å². The Balaban J connectivity index is 2.14. The van der Waals surface area contributed by atoms with Gasteiger partial charge >= 0.3 is 0 Å². The second-order valence-electron chi connectivity index (χ2n) is 5.50. The van der Waals surface area contributed by atoms with Crippen molar-refractivity contribution in [3.63, 3.8) is 0 Å². The number of nitrogens with one attached hydrogen (secondary N) is 1. The van der Waals surface area contributed by atoms with Crippen LogP contribution in [0.1, 0.15) is 24.5 Å². The van der Waals surface area contributed by atoms with E-state index in [0.29, 0.717) is 32.9 Å². The van der Waals surface area contributed by atoms with Gasteiger partial charge in [0.1, 0.15) is 5.75 Å². The fourth-order valence-electron chi connectivity index (χ4n) is 2.11. The average molecular weight is 387 g/mol. The summed E-state index contributed by atoms with van der Waals surface area (Å²) < 4.78 is 5.81. The van der Waals surface area contributed by atoms with Crippen molar-refractivity contribution in [2.45, 2.75) is 33.3 Å². The Hall–Kier alpha value is -1.42. The molecule has 24 heavy (non-hydrogen) atoms. The van der Waals surface area contributed by atoms with Crippen molar-refractivity contribution >= 4 is 46.4 Å². The summed E-state index contributed by atoms with van der Waals surface area (Å²) in [6.45, 7) is 5.90. The molecule has 1 atom stereocenters. The van der Waals surface area contributed by atoms with Crippen LogP contribution in [0.25, 0.3) is 0 Å². The van der Waals surface area contributed by atoms with Crippen LogP contribution < -0.4 is 10.1 Å². The fraction of sp³-hybridized carbons (Fsp3) is 0.278. The lowest BCUT2D eigenvalue weighted by atomic mass is 10.1. The molecule has 2 aromatic carbocycles. The Morgan fingerprint density at radius 2 is 1.71 bits per heavy atom. The van der Waals surface area contributed by atoms with E-state index in [2.05, 4.69) is 5.32 Å². The quantitative estimate of drug-likeness (QED) is 0.634. The third-order valence-corrected chi connectivity index (χ3v) is 4.72. The number of rotatable bonds is 5. The Kier molecular flexibility index (Phi) is 6.39. The first kappa shape index (κ1) is 18.9. The summed E-state index contributed by atoms with van der Waals surface area (Å²) in [5.74, 6) is 0.358. The van der Waals surface area contributed by atoms with Gasteiger partial charge in [0.2, 0.25) is 0 Å². The van der Waals surface area contributed by atoms with Crippen LogP contribution in [-0.4, -0.2) is 12.0 Å². The number of benzene rings is 2. The third-order valence-electron chi connectivity index (χ3n) is 3.69. The maximum Gasteiger partial charge on any atom is 0.265 e. The summed E-state index contributed by atoms with van der Waals surface area (Å²) in [5.41, 5.74) is 2.68. The van der Waals surface area contributed by atoms with Gasteiger partial charge in [-0.25, -0.2) is 0 Å². The molecule has 0 aliphatic heterocycles. The van der Waals surface area contributed by atoms with Crippen molar-refractivity contribution in [2.24, 2.45) is 0 Å². The molecule has 3 nitrogen and oxygen atoms in total. The highest BCUT2D eigenvalue weighted by Crippen LogP contribution is 2.32. The van der Waals surface area contributed by atoms with Crippen LogP contribution in [0.5, 0.6) is 5.75 Å². The van der Waals surface area contributed by atoms with Crippen molar-refractivity contribution in [1.82, 2.24) is 0 Å². The minimum atomic E-state index is -0.641. The van der Waals surface area contributed by atoms with Gasteiger partial charge in [0.15, 0.2) is 6.10 Å². The molecule has 0 spiro atoms. The van der Waals surface area contributed by atoms with E-state index >= 15 is 0 Å². The van der Waals surface area contributed by atoms with Crippen molar-refractivity contribution < 1.29 is 9.53 Å². The maximum atomic E-state index is 12.5. The first-order valence-corrected chi connectivity index (χ1v) is 8.64. The van der Waals surface area contributed by atoms with Gasteiger partial charge in [0, 0.05) is 0 Å².